The largest absolute Gasteiger partial charge is 0.399 e. The van der Waals surface area contributed by atoms with E-state index in [9.17, 15) is 4.79 Å². The van der Waals surface area contributed by atoms with Crippen LogP contribution in [0.4, 0.5) is 5.69 Å². The number of rotatable bonds is 7. The van der Waals surface area contributed by atoms with Gasteiger partial charge in [0.15, 0.2) is 0 Å². The Morgan fingerprint density at radius 2 is 1.94 bits per heavy atom. The quantitative estimate of drug-likeness (QED) is 0.715. The summed E-state index contributed by atoms with van der Waals surface area (Å²) >= 11 is 0. The highest BCUT2D eigenvalue weighted by molar-refractivity contribution is 5.77. The molecule has 1 amide bonds. The molecule has 0 aliphatic heterocycles. The molecule has 0 bridgehead atoms. The third-order valence-corrected chi connectivity index (χ3v) is 2.88. The molecule has 0 atom stereocenters. The van der Waals surface area contributed by atoms with Crippen molar-refractivity contribution in [3.05, 3.63) is 29.8 Å². The summed E-state index contributed by atoms with van der Waals surface area (Å²) in [6.07, 6.45) is 0.938. The Hall–Kier alpha value is -1.55. The van der Waals surface area contributed by atoms with Crippen LogP contribution in [-0.4, -0.2) is 37.0 Å². The molecule has 3 N–H and O–H groups in total. The Labute approximate surface area is 109 Å². The van der Waals surface area contributed by atoms with Crippen molar-refractivity contribution in [3.63, 3.8) is 0 Å². The first kappa shape index (κ1) is 14.5. The fourth-order valence-electron chi connectivity index (χ4n) is 1.78. The van der Waals surface area contributed by atoms with E-state index in [1.807, 2.05) is 31.2 Å². The third-order valence-electron chi connectivity index (χ3n) is 2.88. The second-order valence-electron chi connectivity index (χ2n) is 4.31. The van der Waals surface area contributed by atoms with Crippen LogP contribution in [0.2, 0.25) is 0 Å². The van der Waals surface area contributed by atoms with Gasteiger partial charge in [0.25, 0.3) is 0 Å². The lowest BCUT2D eigenvalue weighted by Gasteiger charge is -2.19. The van der Waals surface area contributed by atoms with E-state index in [0.717, 1.165) is 25.2 Å². The van der Waals surface area contributed by atoms with Gasteiger partial charge >= 0.3 is 0 Å². The number of nitrogens with two attached hydrogens (primary N) is 1. The maximum atomic E-state index is 11.5. The molecule has 0 aliphatic carbocycles. The molecule has 0 spiro atoms. The van der Waals surface area contributed by atoms with Gasteiger partial charge in [-0.2, -0.15) is 0 Å². The van der Waals surface area contributed by atoms with Gasteiger partial charge in [0.1, 0.15) is 0 Å². The van der Waals surface area contributed by atoms with Crippen LogP contribution in [-0.2, 0) is 11.2 Å². The van der Waals surface area contributed by atoms with Crippen LogP contribution < -0.4 is 11.1 Å². The number of nitrogens with zero attached hydrogens (tertiary/aromatic N) is 1. The number of hydrogen-bond acceptors (Lipinski definition) is 3. The number of anilines is 1. The van der Waals surface area contributed by atoms with E-state index in [1.54, 1.807) is 0 Å². The number of nitrogens with one attached hydrogen (secondary N) is 1. The average Bonchev–Trinajstić information content (AvgIpc) is 2.36. The van der Waals surface area contributed by atoms with Crippen molar-refractivity contribution in [3.8, 4) is 0 Å². The number of amides is 1. The van der Waals surface area contributed by atoms with Crippen molar-refractivity contribution >= 4 is 11.6 Å². The summed E-state index contributed by atoms with van der Waals surface area (Å²) in [5, 5.41) is 2.82. The topological polar surface area (TPSA) is 58.4 Å². The Kier molecular flexibility index (Phi) is 6.22. The lowest BCUT2D eigenvalue weighted by atomic mass is 10.1. The molecule has 0 unspecified atom stereocenters. The highest BCUT2D eigenvalue weighted by atomic mass is 16.2. The van der Waals surface area contributed by atoms with Gasteiger partial charge in [-0.05, 0) is 37.6 Å². The lowest BCUT2D eigenvalue weighted by Crippen LogP contribution is -2.38. The molecule has 18 heavy (non-hydrogen) atoms. The SMILES string of the molecule is CCNC(=O)CN(CC)CCc1ccc(N)cc1. The third kappa shape index (κ3) is 5.19. The first-order valence-corrected chi connectivity index (χ1v) is 6.49. The highest BCUT2D eigenvalue weighted by Gasteiger charge is 2.07. The summed E-state index contributed by atoms with van der Waals surface area (Å²) in [7, 11) is 0. The zero-order valence-electron chi connectivity index (χ0n) is 11.3. The van der Waals surface area contributed by atoms with E-state index in [1.165, 1.54) is 5.56 Å². The van der Waals surface area contributed by atoms with E-state index >= 15 is 0 Å². The Morgan fingerprint density at radius 3 is 2.50 bits per heavy atom. The highest BCUT2D eigenvalue weighted by Crippen LogP contribution is 2.06. The molecule has 100 valence electrons. The van der Waals surface area contributed by atoms with Crippen LogP contribution >= 0.6 is 0 Å². The molecular formula is C14H23N3O. The number of hydrogen-bond donors (Lipinski definition) is 2. The molecule has 1 aromatic rings. The second kappa shape index (κ2) is 7.71. The molecule has 0 saturated heterocycles. The fourth-order valence-corrected chi connectivity index (χ4v) is 1.78. The summed E-state index contributed by atoms with van der Waals surface area (Å²) in [5.74, 6) is 0.0941. The van der Waals surface area contributed by atoms with E-state index in [-0.39, 0.29) is 5.91 Å². The number of benzene rings is 1. The Morgan fingerprint density at radius 1 is 1.28 bits per heavy atom. The van der Waals surface area contributed by atoms with Crippen molar-refractivity contribution in [1.29, 1.82) is 0 Å². The fraction of sp³-hybridized carbons (Fsp3) is 0.500. The predicted octanol–water partition coefficient (Wildman–Crippen LogP) is 1.27. The number of carbonyl (C=O) groups is 1. The molecule has 1 rings (SSSR count). The normalized spacial score (nSPS) is 10.6. The molecule has 1 aromatic carbocycles. The molecule has 0 radical (unpaired) electrons. The molecule has 0 heterocycles. The van der Waals surface area contributed by atoms with Gasteiger partial charge in [0.2, 0.25) is 5.91 Å². The van der Waals surface area contributed by atoms with Gasteiger partial charge < -0.3 is 11.1 Å². The summed E-state index contributed by atoms with van der Waals surface area (Å²) in [6.45, 7) is 6.93. The first-order valence-electron chi connectivity index (χ1n) is 6.49. The molecule has 4 nitrogen and oxygen atoms in total. The lowest BCUT2D eigenvalue weighted by molar-refractivity contribution is -0.122. The summed E-state index contributed by atoms with van der Waals surface area (Å²) in [6, 6.07) is 7.90. The van der Waals surface area contributed by atoms with Crippen LogP contribution in [0.5, 0.6) is 0 Å². The maximum absolute atomic E-state index is 11.5. The molecule has 4 heteroatoms. The minimum Gasteiger partial charge on any atom is -0.399 e. The van der Waals surface area contributed by atoms with Crippen molar-refractivity contribution in [1.82, 2.24) is 10.2 Å². The van der Waals surface area contributed by atoms with Crippen molar-refractivity contribution < 1.29 is 4.79 Å². The van der Waals surface area contributed by atoms with Crippen LogP contribution in [0.1, 0.15) is 19.4 Å². The zero-order chi connectivity index (χ0) is 13.4. The van der Waals surface area contributed by atoms with Crippen LogP contribution in [0, 0.1) is 0 Å². The monoisotopic (exact) mass is 249 g/mol. The minimum absolute atomic E-state index is 0.0941. The van der Waals surface area contributed by atoms with Crippen LogP contribution in [0.15, 0.2) is 24.3 Å². The summed E-state index contributed by atoms with van der Waals surface area (Å²) < 4.78 is 0. The van der Waals surface area contributed by atoms with Gasteiger partial charge in [0, 0.05) is 18.8 Å². The van der Waals surface area contributed by atoms with E-state index < -0.39 is 0 Å². The van der Waals surface area contributed by atoms with Gasteiger partial charge in [-0.1, -0.05) is 19.1 Å². The molecule has 0 fully saturated rings. The standard InChI is InChI=1S/C14H23N3O/c1-3-16-14(18)11-17(4-2)10-9-12-5-7-13(15)8-6-12/h5-8H,3-4,9-11,15H2,1-2H3,(H,16,18). The molecular weight excluding hydrogens is 226 g/mol. The van der Waals surface area contributed by atoms with Crippen LogP contribution in [0.3, 0.4) is 0 Å². The van der Waals surface area contributed by atoms with Crippen molar-refractivity contribution in [2.45, 2.75) is 20.3 Å². The molecule has 0 aliphatic rings. The number of carbonyl (C=O) groups excluding carboxylic acids is 1. The zero-order valence-corrected chi connectivity index (χ0v) is 11.3. The van der Waals surface area contributed by atoms with E-state index in [4.69, 9.17) is 5.73 Å². The number of nitrogen functional groups attached to an aromatic ring is 1. The predicted molar refractivity (Wildman–Crippen MR) is 75.4 cm³/mol. The summed E-state index contributed by atoms with van der Waals surface area (Å²) in [5.41, 5.74) is 7.68. The van der Waals surface area contributed by atoms with Gasteiger partial charge in [-0.25, -0.2) is 0 Å². The minimum atomic E-state index is 0.0941. The molecule has 0 aromatic heterocycles. The Bertz CT molecular complexity index is 362. The summed E-state index contributed by atoms with van der Waals surface area (Å²) in [4.78, 5) is 13.6. The maximum Gasteiger partial charge on any atom is 0.234 e. The number of likely N-dealkylation sites (N-methyl/N-ethyl adjacent to an activating group) is 2. The average molecular weight is 249 g/mol. The van der Waals surface area contributed by atoms with Crippen molar-refractivity contribution in [2.24, 2.45) is 0 Å². The van der Waals surface area contributed by atoms with Gasteiger partial charge in [-0.15, -0.1) is 0 Å². The van der Waals surface area contributed by atoms with Gasteiger partial charge in [-0.3, -0.25) is 9.69 Å². The second-order valence-corrected chi connectivity index (χ2v) is 4.31. The van der Waals surface area contributed by atoms with Gasteiger partial charge in [0.05, 0.1) is 6.54 Å². The molecule has 0 saturated carbocycles. The van der Waals surface area contributed by atoms with Crippen molar-refractivity contribution in [2.75, 3.05) is 31.9 Å². The van der Waals surface area contributed by atoms with E-state index in [2.05, 4.69) is 17.1 Å². The smallest absolute Gasteiger partial charge is 0.234 e. The van der Waals surface area contributed by atoms with E-state index in [0.29, 0.717) is 13.1 Å². The Balaban J connectivity index is 2.39. The first-order chi connectivity index (χ1) is 8.65. The van der Waals surface area contributed by atoms with Crippen LogP contribution in [0.25, 0.3) is 0 Å².